The van der Waals surface area contributed by atoms with Gasteiger partial charge >= 0.3 is 0 Å². The summed E-state index contributed by atoms with van der Waals surface area (Å²) in [5, 5.41) is 6.03. The molecule has 1 atom stereocenters. The van der Waals surface area contributed by atoms with Gasteiger partial charge in [0.2, 0.25) is 5.95 Å². The average molecular weight is 606 g/mol. The van der Waals surface area contributed by atoms with Gasteiger partial charge in [0.15, 0.2) is 11.3 Å². The number of benzene rings is 1. The first kappa shape index (κ1) is 27.5. The molecule has 0 bridgehead atoms. The molecule has 42 heavy (non-hydrogen) atoms. The summed E-state index contributed by atoms with van der Waals surface area (Å²) in [4.78, 5) is 28.4. The number of hydrogen-bond acceptors (Lipinski definition) is 9. The molecule has 6 heterocycles. The van der Waals surface area contributed by atoms with Crippen LogP contribution in [0.4, 0.5) is 17.3 Å². The lowest BCUT2D eigenvalue weighted by Crippen LogP contribution is -2.49. The summed E-state index contributed by atoms with van der Waals surface area (Å²) in [7, 11) is 8.62. The molecule has 1 aromatic carbocycles. The van der Waals surface area contributed by atoms with Crippen LogP contribution in [0.1, 0.15) is 19.3 Å². The minimum Gasteiger partial charge on any atom is -0.494 e. The quantitative estimate of drug-likeness (QED) is 0.219. The van der Waals surface area contributed by atoms with Crippen molar-refractivity contribution in [2.24, 2.45) is 0 Å². The lowest BCUT2D eigenvalue weighted by Gasteiger charge is -2.38. The number of likely N-dealkylation sites (N-methyl/N-ethyl adjacent to an activating group) is 1. The van der Waals surface area contributed by atoms with Crippen molar-refractivity contribution in [3.8, 4) is 5.75 Å². The Morgan fingerprint density at radius 2 is 1.86 bits per heavy atom. The molecule has 1 N–H and O–H groups in total. The van der Waals surface area contributed by atoms with E-state index >= 15 is 0 Å². The first-order valence-corrected chi connectivity index (χ1v) is 15.7. The Morgan fingerprint density at radius 3 is 2.60 bits per heavy atom. The minimum atomic E-state index is -0.155. The Hall–Kier alpha value is -3.32. The molecule has 0 aliphatic carbocycles. The number of nitrogens with one attached hydrogen (secondary N) is 1. The summed E-state index contributed by atoms with van der Waals surface area (Å²) < 4.78 is 10.7. The molecule has 1 unspecified atom stereocenters. The molecule has 2 fully saturated rings. The van der Waals surface area contributed by atoms with E-state index < -0.39 is 0 Å². The number of methoxy groups -OCH3 is 1. The van der Waals surface area contributed by atoms with Gasteiger partial charge in [-0.15, -0.1) is 11.3 Å². The van der Waals surface area contributed by atoms with Crippen molar-refractivity contribution in [3.05, 3.63) is 52.3 Å². The third kappa shape index (κ3) is 4.70. The predicted octanol–water partition coefficient (Wildman–Crippen LogP) is 4.45. The predicted molar refractivity (Wildman–Crippen MR) is 174 cm³/mol. The van der Waals surface area contributed by atoms with Gasteiger partial charge < -0.3 is 19.4 Å². The molecule has 0 amide bonds. The maximum Gasteiger partial charge on any atom is 0.278 e. The molecule has 220 valence electrons. The van der Waals surface area contributed by atoms with Crippen LogP contribution in [0.5, 0.6) is 5.75 Å². The fraction of sp³-hybridized carbons (Fsp3) is 0.433. The third-order valence-corrected chi connectivity index (χ3v) is 10.3. The Labute approximate surface area is 254 Å². The molecular weight excluding hydrogens is 569 g/mol. The summed E-state index contributed by atoms with van der Waals surface area (Å²) in [5.74, 6) is 1.05. The molecule has 0 spiro atoms. The van der Waals surface area contributed by atoms with Gasteiger partial charge in [0.25, 0.3) is 5.56 Å². The van der Waals surface area contributed by atoms with E-state index in [0.717, 1.165) is 40.4 Å². The molecule has 5 aromatic rings. The van der Waals surface area contributed by atoms with Gasteiger partial charge in [-0.25, -0.2) is 9.38 Å². The highest BCUT2D eigenvalue weighted by molar-refractivity contribution is 7.78. The molecule has 2 saturated heterocycles. The molecule has 12 heteroatoms. The normalized spacial score (nSPS) is 19.0. The van der Waals surface area contributed by atoms with Crippen molar-refractivity contribution >= 4 is 68.4 Å². The van der Waals surface area contributed by atoms with E-state index in [-0.39, 0.29) is 5.56 Å². The van der Waals surface area contributed by atoms with Crippen LogP contribution in [0.25, 0.3) is 26.9 Å². The second-order valence-electron chi connectivity index (χ2n) is 12.3. The molecule has 0 saturated carbocycles. The highest BCUT2D eigenvalue weighted by atomic mass is 32.1. The number of fused-ring (bicyclic) bond motifs is 4. The molecule has 4 aromatic heterocycles. The summed E-state index contributed by atoms with van der Waals surface area (Å²) in [6.45, 7) is 4.45. The lowest BCUT2D eigenvalue weighted by atomic mass is 10.0. The Kier molecular flexibility index (Phi) is 6.84. The second kappa shape index (κ2) is 10.4. The zero-order valence-electron chi connectivity index (χ0n) is 24.4. The van der Waals surface area contributed by atoms with Crippen molar-refractivity contribution in [1.29, 1.82) is 0 Å². The van der Waals surface area contributed by atoms with Crippen LogP contribution in [0, 0.1) is 0 Å². The van der Waals surface area contributed by atoms with Crippen LogP contribution in [0.15, 0.2) is 46.7 Å². The van der Waals surface area contributed by atoms with E-state index in [2.05, 4.69) is 61.2 Å². The standard InChI is InChI=1S/C30H36N8O2S2/c1-38(2,3)21-9-14-35(18-21)19-7-12-34(13-8-19)20-5-6-23(25(17-20)40-4)32-30-33-27-22(10-15-36(27)41)28-31-24-11-16-42-26(24)29(39)37(28)30/h5-6,10-11,15-17,19,21,41H,7-9,12-14,18H2,1-4H3/p+1. The molecule has 2 aliphatic heterocycles. The summed E-state index contributed by atoms with van der Waals surface area (Å²) >= 11 is 5.91. The van der Waals surface area contributed by atoms with E-state index in [4.69, 9.17) is 14.7 Å². The number of piperidine rings is 1. The van der Waals surface area contributed by atoms with Crippen molar-refractivity contribution < 1.29 is 9.22 Å². The fourth-order valence-electron chi connectivity index (χ4n) is 6.54. The first-order valence-electron chi connectivity index (χ1n) is 14.5. The number of aromatic nitrogens is 4. The largest absolute Gasteiger partial charge is 0.494 e. The van der Waals surface area contributed by atoms with E-state index in [1.54, 1.807) is 21.7 Å². The van der Waals surface area contributed by atoms with Gasteiger partial charge in [0, 0.05) is 50.0 Å². The van der Waals surface area contributed by atoms with Crippen LogP contribution < -0.4 is 20.5 Å². The van der Waals surface area contributed by atoms with Gasteiger partial charge in [-0.1, -0.05) is 12.8 Å². The number of ether oxygens (including phenoxy) is 1. The van der Waals surface area contributed by atoms with Crippen molar-refractivity contribution in [3.63, 3.8) is 0 Å². The van der Waals surface area contributed by atoms with E-state index in [0.29, 0.717) is 39.3 Å². The SMILES string of the molecule is COc1cc(N2CCC(N3CCC([N+](C)(C)C)C3)CC2)ccc1Nc1nc2c(ccn2S)c2nc3ccsc3c(=O)n12. The van der Waals surface area contributed by atoms with Gasteiger partial charge in [0.05, 0.1) is 51.4 Å². The van der Waals surface area contributed by atoms with Crippen LogP contribution in [-0.4, -0.2) is 94.2 Å². The van der Waals surface area contributed by atoms with Gasteiger partial charge in [-0.3, -0.25) is 13.7 Å². The number of quaternary nitrogens is 1. The molecule has 10 nitrogen and oxygen atoms in total. The highest BCUT2D eigenvalue weighted by Crippen LogP contribution is 2.35. The number of rotatable bonds is 6. The van der Waals surface area contributed by atoms with Crippen LogP contribution >= 0.6 is 24.2 Å². The highest BCUT2D eigenvalue weighted by Gasteiger charge is 2.36. The number of hydrogen-bond donors (Lipinski definition) is 2. The first-order chi connectivity index (χ1) is 20.2. The van der Waals surface area contributed by atoms with Gasteiger partial charge in [-0.2, -0.15) is 4.98 Å². The minimum absolute atomic E-state index is 0.155. The number of thiophene rings is 1. The summed E-state index contributed by atoms with van der Waals surface area (Å²) in [6, 6.07) is 11.3. The smallest absolute Gasteiger partial charge is 0.278 e. The zero-order chi connectivity index (χ0) is 29.2. The fourth-order valence-corrected chi connectivity index (χ4v) is 7.52. The molecule has 7 rings (SSSR count). The Balaban J connectivity index is 1.15. The van der Waals surface area contributed by atoms with E-state index in [1.807, 2.05) is 23.6 Å². The lowest BCUT2D eigenvalue weighted by molar-refractivity contribution is -0.893. The third-order valence-electron chi connectivity index (χ3n) is 9.05. The number of nitrogens with zero attached hydrogens (tertiary/aromatic N) is 7. The topological polar surface area (TPSA) is 79.9 Å². The van der Waals surface area contributed by atoms with E-state index in [9.17, 15) is 4.79 Å². The van der Waals surface area contributed by atoms with Crippen LogP contribution in [-0.2, 0) is 0 Å². The maximum atomic E-state index is 13.6. The zero-order valence-corrected chi connectivity index (χ0v) is 26.2. The van der Waals surface area contributed by atoms with Crippen LogP contribution in [0.2, 0.25) is 0 Å². The maximum absolute atomic E-state index is 13.6. The number of likely N-dealkylation sites (tertiary alicyclic amines) is 1. The second-order valence-corrected chi connectivity index (χ2v) is 13.7. The van der Waals surface area contributed by atoms with Crippen molar-refractivity contribution in [2.45, 2.75) is 31.3 Å². The average Bonchev–Trinajstić information content (AvgIpc) is 3.74. The summed E-state index contributed by atoms with van der Waals surface area (Å²) in [6.07, 6.45) is 5.42. The number of anilines is 3. The Morgan fingerprint density at radius 1 is 1.05 bits per heavy atom. The Bertz CT molecular complexity index is 1850. The van der Waals surface area contributed by atoms with E-state index in [1.165, 1.54) is 43.7 Å². The molecule has 2 aliphatic rings. The van der Waals surface area contributed by atoms with Crippen molar-refractivity contribution in [1.82, 2.24) is 23.2 Å². The van der Waals surface area contributed by atoms with Crippen molar-refractivity contribution in [2.75, 3.05) is 64.6 Å². The monoisotopic (exact) mass is 605 g/mol. The number of thiol groups is 1. The van der Waals surface area contributed by atoms with Gasteiger partial charge in [0.1, 0.15) is 16.5 Å². The van der Waals surface area contributed by atoms with Crippen LogP contribution in [0.3, 0.4) is 0 Å². The molecular formula is C30H37N8O2S2+. The molecule has 0 radical (unpaired) electrons. The van der Waals surface area contributed by atoms with Gasteiger partial charge in [-0.05, 0) is 42.5 Å². The summed E-state index contributed by atoms with van der Waals surface area (Å²) in [5.41, 5.74) is 3.54.